The van der Waals surface area contributed by atoms with Gasteiger partial charge in [-0.3, -0.25) is 24.3 Å². The first kappa shape index (κ1) is 17.7. The Morgan fingerprint density at radius 1 is 1.33 bits per heavy atom. The Kier molecular flexibility index (Phi) is 5.70. The van der Waals surface area contributed by atoms with Gasteiger partial charge in [-0.1, -0.05) is 41.9 Å². The quantitative estimate of drug-likeness (QED) is 0.592. The first-order valence-corrected chi connectivity index (χ1v) is 7.66. The van der Waals surface area contributed by atoms with Crippen molar-refractivity contribution >= 4 is 23.2 Å². The van der Waals surface area contributed by atoms with Crippen LogP contribution in [-0.2, 0) is 17.9 Å². The van der Waals surface area contributed by atoms with Crippen molar-refractivity contribution in [3.8, 4) is 0 Å². The molecule has 0 aliphatic heterocycles. The summed E-state index contributed by atoms with van der Waals surface area (Å²) in [6.07, 6.45) is 1.23. The molecule has 0 aliphatic carbocycles. The molecule has 0 saturated carbocycles. The van der Waals surface area contributed by atoms with Crippen LogP contribution in [0.15, 0.2) is 47.4 Å². The fourth-order valence-electron chi connectivity index (χ4n) is 2.26. The molecule has 0 radical (unpaired) electrons. The molecule has 0 aliphatic rings. The van der Waals surface area contributed by atoms with Gasteiger partial charge >= 0.3 is 11.2 Å². The van der Waals surface area contributed by atoms with Gasteiger partial charge in [0.05, 0.1) is 9.95 Å². The van der Waals surface area contributed by atoms with E-state index in [-0.39, 0.29) is 17.5 Å². The van der Waals surface area contributed by atoms with Gasteiger partial charge < -0.3 is 4.90 Å². The zero-order valence-corrected chi connectivity index (χ0v) is 13.8. The number of halogens is 1. The predicted molar refractivity (Wildman–Crippen MR) is 89.9 cm³/mol. The third kappa shape index (κ3) is 4.20. The Labute approximate surface area is 143 Å². The summed E-state index contributed by atoms with van der Waals surface area (Å²) in [7, 11) is 0. The minimum Gasteiger partial charge on any atom is -0.337 e. The van der Waals surface area contributed by atoms with Gasteiger partial charge in [-0.15, -0.1) is 0 Å². The van der Waals surface area contributed by atoms with E-state index in [0.717, 1.165) is 16.2 Å². The second kappa shape index (κ2) is 7.74. The number of hydrogen-bond donors (Lipinski definition) is 0. The van der Waals surface area contributed by atoms with Gasteiger partial charge in [-0.2, -0.15) is 0 Å². The van der Waals surface area contributed by atoms with Crippen LogP contribution < -0.4 is 5.56 Å². The zero-order valence-electron chi connectivity index (χ0n) is 13.0. The number of pyridine rings is 1. The highest BCUT2D eigenvalue weighted by atomic mass is 35.5. The fourth-order valence-corrected chi connectivity index (χ4v) is 2.48. The van der Waals surface area contributed by atoms with E-state index in [4.69, 9.17) is 11.6 Å². The van der Waals surface area contributed by atoms with Gasteiger partial charge in [0, 0.05) is 25.4 Å². The molecule has 1 heterocycles. The van der Waals surface area contributed by atoms with Crippen LogP contribution >= 0.6 is 11.6 Å². The van der Waals surface area contributed by atoms with E-state index in [1.807, 2.05) is 37.3 Å². The Morgan fingerprint density at radius 3 is 2.58 bits per heavy atom. The van der Waals surface area contributed by atoms with E-state index in [0.29, 0.717) is 13.1 Å². The molecule has 2 aromatic rings. The Balaban J connectivity index is 2.22. The summed E-state index contributed by atoms with van der Waals surface area (Å²) >= 11 is 5.80. The Morgan fingerprint density at radius 2 is 2.00 bits per heavy atom. The van der Waals surface area contributed by atoms with E-state index in [2.05, 4.69) is 0 Å². The van der Waals surface area contributed by atoms with Crippen molar-refractivity contribution in [2.24, 2.45) is 0 Å². The highest BCUT2D eigenvalue weighted by Gasteiger charge is 2.19. The van der Waals surface area contributed by atoms with Gasteiger partial charge in [0.1, 0.15) is 6.54 Å². The number of amides is 1. The van der Waals surface area contributed by atoms with Crippen LogP contribution in [0.4, 0.5) is 5.69 Å². The van der Waals surface area contributed by atoms with E-state index in [1.54, 1.807) is 4.90 Å². The lowest BCUT2D eigenvalue weighted by Crippen LogP contribution is -2.36. The van der Waals surface area contributed by atoms with Crippen molar-refractivity contribution in [2.45, 2.75) is 20.0 Å². The molecule has 0 unspecified atom stereocenters. The molecule has 1 amide bonds. The van der Waals surface area contributed by atoms with Crippen LogP contribution in [0.25, 0.3) is 0 Å². The average molecular weight is 350 g/mol. The number of aromatic nitrogens is 1. The lowest BCUT2D eigenvalue weighted by molar-refractivity contribution is -0.386. The highest BCUT2D eigenvalue weighted by molar-refractivity contribution is 6.30. The standard InChI is InChI=1S/C16H16ClN3O4/c1-2-18(9-12-6-4-3-5-7-12)15(21)11-19-10-13(17)8-14(16(19)22)20(23)24/h3-8,10H,2,9,11H2,1H3. The molecule has 0 fully saturated rings. The summed E-state index contributed by atoms with van der Waals surface area (Å²) in [5, 5.41) is 10.9. The summed E-state index contributed by atoms with van der Waals surface area (Å²) in [4.78, 5) is 36.1. The SMILES string of the molecule is CCN(Cc1ccccc1)C(=O)Cn1cc(Cl)cc([N+](=O)[O-])c1=O. The number of carbonyl (C=O) groups is 1. The number of hydrogen-bond acceptors (Lipinski definition) is 4. The monoisotopic (exact) mass is 349 g/mol. The molecule has 1 aromatic carbocycles. The van der Waals surface area contributed by atoms with Crippen LogP contribution in [0.3, 0.4) is 0 Å². The zero-order chi connectivity index (χ0) is 17.7. The van der Waals surface area contributed by atoms with E-state index in [1.165, 1.54) is 6.20 Å². The summed E-state index contributed by atoms with van der Waals surface area (Å²) in [6, 6.07) is 10.4. The van der Waals surface area contributed by atoms with Gasteiger partial charge in [-0.05, 0) is 12.5 Å². The molecule has 1 aromatic heterocycles. The molecule has 0 N–H and O–H groups in total. The third-order valence-electron chi connectivity index (χ3n) is 3.49. The third-order valence-corrected chi connectivity index (χ3v) is 3.69. The first-order chi connectivity index (χ1) is 11.4. The molecule has 8 heteroatoms. The van der Waals surface area contributed by atoms with Crippen molar-refractivity contribution in [3.05, 3.63) is 73.6 Å². The Hall–Kier alpha value is -2.67. The summed E-state index contributed by atoms with van der Waals surface area (Å²) < 4.78 is 0.969. The second-order valence-corrected chi connectivity index (χ2v) is 5.56. The van der Waals surface area contributed by atoms with Crippen LogP contribution in [0.5, 0.6) is 0 Å². The van der Waals surface area contributed by atoms with Gasteiger partial charge in [0.15, 0.2) is 0 Å². The summed E-state index contributed by atoms with van der Waals surface area (Å²) in [5.41, 5.74) is -0.549. The number of rotatable bonds is 6. The minimum atomic E-state index is -0.853. The smallest absolute Gasteiger partial charge is 0.335 e. The molecule has 24 heavy (non-hydrogen) atoms. The van der Waals surface area contributed by atoms with Crippen molar-refractivity contribution < 1.29 is 9.72 Å². The molecule has 126 valence electrons. The first-order valence-electron chi connectivity index (χ1n) is 7.28. The lowest BCUT2D eigenvalue weighted by Gasteiger charge is -2.21. The van der Waals surface area contributed by atoms with Gasteiger partial charge in [-0.25, -0.2) is 0 Å². The van der Waals surface area contributed by atoms with E-state index >= 15 is 0 Å². The topological polar surface area (TPSA) is 85.4 Å². The van der Waals surface area contributed by atoms with Crippen molar-refractivity contribution in [2.75, 3.05) is 6.54 Å². The van der Waals surface area contributed by atoms with Crippen molar-refractivity contribution in [1.29, 1.82) is 0 Å². The molecular weight excluding hydrogens is 334 g/mol. The van der Waals surface area contributed by atoms with Gasteiger partial charge in [0.25, 0.3) is 0 Å². The minimum absolute atomic E-state index is 0.0280. The summed E-state index contributed by atoms with van der Waals surface area (Å²) in [6.45, 7) is 2.36. The highest BCUT2D eigenvalue weighted by Crippen LogP contribution is 2.13. The van der Waals surface area contributed by atoms with Gasteiger partial charge in [0.2, 0.25) is 5.91 Å². The largest absolute Gasteiger partial charge is 0.337 e. The number of likely N-dealkylation sites (N-methyl/N-ethyl adjacent to an activating group) is 1. The number of nitrogens with zero attached hydrogens (tertiary/aromatic N) is 3. The normalized spacial score (nSPS) is 10.4. The average Bonchev–Trinajstić information content (AvgIpc) is 2.56. The molecule has 7 nitrogen and oxygen atoms in total. The molecule has 0 atom stereocenters. The Bertz CT molecular complexity index is 805. The number of benzene rings is 1. The maximum atomic E-state index is 12.4. The fraction of sp³-hybridized carbons (Fsp3) is 0.250. The molecule has 0 saturated heterocycles. The molecule has 0 spiro atoms. The maximum absolute atomic E-state index is 12.4. The lowest BCUT2D eigenvalue weighted by atomic mass is 10.2. The maximum Gasteiger partial charge on any atom is 0.335 e. The predicted octanol–water partition coefficient (Wildman–Crippen LogP) is 2.46. The number of carbonyl (C=O) groups excluding carboxylic acids is 1. The molecule has 2 rings (SSSR count). The van der Waals surface area contributed by atoms with E-state index < -0.39 is 16.2 Å². The summed E-state index contributed by atoms with van der Waals surface area (Å²) in [5.74, 6) is -0.319. The second-order valence-electron chi connectivity index (χ2n) is 5.13. The van der Waals surface area contributed by atoms with Crippen LogP contribution in [0.2, 0.25) is 5.02 Å². The van der Waals surface area contributed by atoms with Crippen molar-refractivity contribution in [3.63, 3.8) is 0 Å². The van der Waals surface area contributed by atoms with Crippen molar-refractivity contribution in [1.82, 2.24) is 9.47 Å². The van der Waals surface area contributed by atoms with Crippen LogP contribution in [-0.4, -0.2) is 26.8 Å². The van der Waals surface area contributed by atoms with Crippen LogP contribution in [0, 0.1) is 10.1 Å². The number of nitro groups is 1. The molecular formula is C16H16ClN3O4. The van der Waals surface area contributed by atoms with E-state index in [9.17, 15) is 19.7 Å². The van der Waals surface area contributed by atoms with Crippen LogP contribution in [0.1, 0.15) is 12.5 Å². The molecule has 0 bridgehead atoms.